The molecule has 0 spiro atoms. The van der Waals surface area contributed by atoms with Crippen LogP contribution in [-0.4, -0.2) is 21.9 Å². The van der Waals surface area contributed by atoms with Crippen molar-refractivity contribution in [3.63, 3.8) is 0 Å². The minimum absolute atomic E-state index is 0.202. The summed E-state index contributed by atoms with van der Waals surface area (Å²) in [6, 6.07) is 31.8. The highest BCUT2D eigenvalue weighted by molar-refractivity contribution is 5.95. The van der Waals surface area contributed by atoms with Crippen LogP contribution in [0.2, 0.25) is 0 Å². The summed E-state index contributed by atoms with van der Waals surface area (Å²) in [6.07, 6.45) is 1.27. The molecule has 1 heterocycles. The Morgan fingerprint density at radius 1 is 0.848 bits per heavy atom. The first-order valence-corrected chi connectivity index (χ1v) is 10.4. The lowest BCUT2D eigenvalue weighted by Crippen LogP contribution is -2.18. The van der Waals surface area contributed by atoms with Crippen molar-refractivity contribution in [2.24, 2.45) is 5.10 Å². The van der Waals surface area contributed by atoms with Crippen molar-refractivity contribution in [2.75, 3.05) is 0 Å². The first-order valence-electron chi connectivity index (χ1n) is 10.4. The lowest BCUT2D eigenvalue weighted by atomic mass is 10.0. The highest BCUT2D eigenvalue weighted by Gasteiger charge is 2.17. The molecular formula is C27H19FN4O. The number of amides is 1. The van der Waals surface area contributed by atoms with E-state index in [0.717, 1.165) is 27.7 Å². The number of carbonyl (C=O) groups excluding carboxylic acids is 1. The van der Waals surface area contributed by atoms with Gasteiger partial charge in [0.2, 0.25) is 0 Å². The van der Waals surface area contributed by atoms with E-state index in [1.807, 2.05) is 60.7 Å². The number of aromatic nitrogens is 2. The van der Waals surface area contributed by atoms with E-state index in [-0.39, 0.29) is 11.3 Å². The predicted molar refractivity (Wildman–Crippen MR) is 128 cm³/mol. The fraction of sp³-hybridized carbons (Fsp3) is 0. The highest BCUT2D eigenvalue weighted by Crippen LogP contribution is 2.27. The molecule has 0 fully saturated rings. The van der Waals surface area contributed by atoms with E-state index in [9.17, 15) is 9.18 Å². The van der Waals surface area contributed by atoms with Gasteiger partial charge in [-0.2, -0.15) is 10.2 Å². The number of hydrogen-bond donors (Lipinski definition) is 1. The summed E-state index contributed by atoms with van der Waals surface area (Å²) in [5.74, 6) is -0.901. The number of fused-ring (bicyclic) bond motifs is 1. The van der Waals surface area contributed by atoms with E-state index in [1.165, 1.54) is 12.3 Å². The van der Waals surface area contributed by atoms with Gasteiger partial charge in [-0.25, -0.2) is 14.5 Å². The van der Waals surface area contributed by atoms with Crippen LogP contribution in [0.4, 0.5) is 4.39 Å². The van der Waals surface area contributed by atoms with Crippen LogP contribution >= 0.6 is 0 Å². The molecule has 5 nitrogen and oxygen atoms in total. The summed E-state index contributed by atoms with van der Waals surface area (Å²) in [5.41, 5.74) is 5.45. The SMILES string of the molecule is O=C(N/N=C\c1ccccc1F)c1cc(-c2ccc3ccccc3c2)n(-c2ccccc2)n1. The molecule has 0 aliphatic carbocycles. The Hall–Kier alpha value is -4.58. The molecule has 0 saturated heterocycles. The van der Waals surface area contributed by atoms with Crippen LogP contribution < -0.4 is 5.43 Å². The number of nitrogens with one attached hydrogen (secondary N) is 1. The summed E-state index contributed by atoms with van der Waals surface area (Å²) >= 11 is 0. The van der Waals surface area contributed by atoms with E-state index in [4.69, 9.17) is 0 Å². The van der Waals surface area contributed by atoms with E-state index < -0.39 is 11.7 Å². The van der Waals surface area contributed by atoms with Gasteiger partial charge in [0.25, 0.3) is 5.91 Å². The van der Waals surface area contributed by atoms with Crippen molar-refractivity contribution < 1.29 is 9.18 Å². The van der Waals surface area contributed by atoms with Gasteiger partial charge in [0, 0.05) is 11.1 Å². The lowest BCUT2D eigenvalue weighted by Gasteiger charge is -2.08. The van der Waals surface area contributed by atoms with E-state index in [0.29, 0.717) is 0 Å². The number of hydrazone groups is 1. The predicted octanol–water partition coefficient (Wildman–Crippen LogP) is 5.60. The van der Waals surface area contributed by atoms with E-state index in [2.05, 4.69) is 27.8 Å². The Labute approximate surface area is 189 Å². The van der Waals surface area contributed by atoms with E-state index >= 15 is 0 Å². The third-order valence-corrected chi connectivity index (χ3v) is 5.26. The van der Waals surface area contributed by atoms with Gasteiger partial charge >= 0.3 is 0 Å². The number of halogens is 1. The molecule has 0 atom stereocenters. The summed E-state index contributed by atoms with van der Waals surface area (Å²) in [7, 11) is 0. The molecule has 0 radical (unpaired) electrons. The van der Waals surface area contributed by atoms with Gasteiger partial charge in [0.15, 0.2) is 5.69 Å². The zero-order valence-corrected chi connectivity index (χ0v) is 17.5. The Morgan fingerprint density at radius 2 is 1.58 bits per heavy atom. The van der Waals surface area contributed by atoms with Crippen LogP contribution in [-0.2, 0) is 0 Å². The molecule has 33 heavy (non-hydrogen) atoms. The molecule has 5 aromatic rings. The minimum atomic E-state index is -0.487. The van der Waals surface area contributed by atoms with Crippen molar-refractivity contribution in [1.82, 2.24) is 15.2 Å². The lowest BCUT2D eigenvalue weighted by molar-refractivity contribution is 0.0949. The molecular weight excluding hydrogens is 415 g/mol. The molecule has 0 aliphatic rings. The summed E-state index contributed by atoms with van der Waals surface area (Å²) in [5, 5.41) is 10.7. The van der Waals surface area contributed by atoms with Gasteiger partial charge in [0.05, 0.1) is 17.6 Å². The minimum Gasteiger partial charge on any atom is -0.265 e. The monoisotopic (exact) mass is 434 g/mol. The highest BCUT2D eigenvalue weighted by atomic mass is 19.1. The first kappa shape index (κ1) is 20.3. The van der Waals surface area contributed by atoms with Crippen LogP contribution in [0.25, 0.3) is 27.7 Å². The summed E-state index contributed by atoms with van der Waals surface area (Å²) in [4.78, 5) is 12.8. The Kier molecular flexibility index (Phi) is 5.47. The average molecular weight is 434 g/mol. The number of hydrogen-bond acceptors (Lipinski definition) is 3. The van der Waals surface area contributed by atoms with Crippen LogP contribution in [0.15, 0.2) is 108 Å². The van der Waals surface area contributed by atoms with Crippen LogP contribution in [0.3, 0.4) is 0 Å². The fourth-order valence-electron chi connectivity index (χ4n) is 3.61. The maximum Gasteiger partial charge on any atom is 0.291 e. The van der Waals surface area contributed by atoms with Crippen molar-refractivity contribution in [2.45, 2.75) is 0 Å². The molecule has 1 N–H and O–H groups in total. The van der Waals surface area contributed by atoms with E-state index in [1.54, 1.807) is 28.9 Å². The molecule has 0 bridgehead atoms. The van der Waals surface area contributed by atoms with Crippen molar-refractivity contribution in [3.8, 4) is 16.9 Å². The molecule has 1 amide bonds. The standard InChI is InChI=1S/C27H19FN4O/c28-24-13-7-6-10-22(24)18-29-30-27(33)25-17-26(32(31-25)23-11-2-1-3-12-23)21-15-14-19-8-4-5-9-20(19)16-21/h1-18H,(H,30,33)/b29-18-. The zero-order valence-electron chi connectivity index (χ0n) is 17.5. The summed E-state index contributed by atoms with van der Waals surface area (Å²) in [6.45, 7) is 0. The number of para-hydroxylation sites is 1. The Bertz CT molecular complexity index is 1470. The fourth-order valence-corrected chi connectivity index (χ4v) is 3.61. The number of rotatable bonds is 5. The third-order valence-electron chi connectivity index (χ3n) is 5.26. The second-order valence-corrected chi connectivity index (χ2v) is 7.44. The second kappa shape index (κ2) is 8.88. The molecule has 1 aromatic heterocycles. The van der Waals surface area contributed by atoms with Gasteiger partial charge in [-0.3, -0.25) is 4.79 Å². The first-order chi connectivity index (χ1) is 16.2. The topological polar surface area (TPSA) is 59.3 Å². The molecule has 4 aromatic carbocycles. The van der Waals surface area contributed by atoms with Gasteiger partial charge in [-0.15, -0.1) is 0 Å². The normalized spacial score (nSPS) is 11.2. The molecule has 0 aliphatic heterocycles. The number of nitrogens with zero attached hydrogens (tertiary/aromatic N) is 3. The maximum atomic E-state index is 13.8. The van der Waals surface area contributed by atoms with Crippen molar-refractivity contribution in [1.29, 1.82) is 0 Å². The van der Waals surface area contributed by atoms with Gasteiger partial charge in [0.1, 0.15) is 5.82 Å². The molecule has 0 unspecified atom stereocenters. The summed E-state index contributed by atoms with van der Waals surface area (Å²) < 4.78 is 15.5. The molecule has 5 rings (SSSR count). The quantitative estimate of drug-likeness (QED) is 0.289. The van der Waals surface area contributed by atoms with Crippen molar-refractivity contribution in [3.05, 3.63) is 120 Å². The van der Waals surface area contributed by atoms with Crippen LogP contribution in [0, 0.1) is 5.82 Å². The second-order valence-electron chi connectivity index (χ2n) is 7.44. The molecule has 0 saturated carbocycles. The number of benzene rings is 4. The third kappa shape index (κ3) is 4.27. The molecule has 160 valence electrons. The Balaban J connectivity index is 1.50. The smallest absolute Gasteiger partial charge is 0.265 e. The van der Waals surface area contributed by atoms with Crippen molar-refractivity contribution >= 4 is 22.9 Å². The largest absolute Gasteiger partial charge is 0.291 e. The Morgan fingerprint density at radius 3 is 2.39 bits per heavy atom. The van der Waals surface area contributed by atoms with Gasteiger partial charge in [-0.1, -0.05) is 72.8 Å². The maximum absolute atomic E-state index is 13.8. The van der Waals surface area contributed by atoms with Crippen LogP contribution in [0.5, 0.6) is 0 Å². The van der Waals surface area contributed by atoms with Gasteiger partial charge in [-0.05, 0) is 41.1 Å². The average Bonchev–Trinajstić information content (AvgIpc) is 3.31. The zero-order chi connectivity index (χ0) is 22.6. The number of carbonyl (C=O) groups is 1. The van der Waals surface area contributed by atoms with Crippen LogP contribution in [0.1, 0.15) is 16.1 Å². The molecule has 6 heteroatoms. The van der Waals surface area contributed by atoms with Gasteiger partial charge < -0.3 is 0 Å².